The highest BCUT2D eigenvalue weighted by molar-refractivity contribution is 7.17. The van der Waals surface area contributed by atoms with Crippen molar-refractivity contribution in [2.24, 2.45) is 5.92 Å². The highest BCUT2D eigenvalue weighted by atomic mass is 32.1. The zero-order valence-electron chi connectivity index (χ0n) is 12.3. The molecule has 0 amide bonds. The first-order chi connectivity index (χ1) is 10.7. The van der Waals surface area contributed by atoms with Crippen molar-refractivity contribution in [1.29, 1.82) is 0 Å². The lowest BCUT2D eigenvalue weighted by Crippen LogP contribution is -2.07. The van der Waals surface area contributed by atoms with Crippen LogP contribution in [0.2, 0.25) is 0 Å². The molecule has 112 valence electrons. The molecule has 3 aromatic rings. The normalized spacial score (nSPS) is 14.5. The molecule has 1 aliphatic rings. The van der Waals surface area contributed by atoms with E-state index in [-0.39, 0.29) is 5.82 Å². The Morgan fingerprint density at radius 1 is 1.27 bits per heavy atom. The molecule has 0 spiro atoms. The van der Waals surface area contributed by atoms with Crippen LogP contribution in [0.5, 0.6) is 0 Å². The third-order valence-electron chi connectivity index (χ3n) is 4.00. The number of halogens is 1. The predicted octanol–water partition coefficient (Wildman–Crippen LogP) is 4.63. The summed E-state index contributed by atoms with van der Waals surface area (Å²) in [5.41, 5.74) is 3.58. The maximum Gasteiger partial charge on any atom is 0.223 e. The molecule has 1 saturated carbocycles. The Hall–Kier alpha value is -2.01. The molecule has 1 fully saturated rings. The fraction of sp³-hybridized carbons (Fsp3) is 0.294. The van der Waals surface area contributed by atoms with Crippen molar-refractivity contribution < 1.29 is 4.39 Å². The third-order valence-corrected chi connectivity index (χ3v) is 4.91. The minimum atomic E-state index is -0.239. The number of nitrogens with zero attached hydrogens (tertiary/aromatic N) is 2. The van der Waals surface area contributed by atoms with Crippen molar-refractivity contribution >= 4 is 27.5 Å². The average Bonchev–Trinajstić information content (AvgIpc) is 3.23. The van der Waals surface area contributed by atoms with Crippen LogP contribution in [0, 0.1) is 18.7 Å². The first kappa shape index (κ1) is 13.6. The Morgan fingerprint density at radius 3 is 2.95 bits per heavy atom. The Morgan fingerprint density at radius 2 is 2.14 bits per heavy atom. The lowest BCUT2D eigenvalue weighted by molar-refractivity contribution is 0.628. The van der Waals surface area contributed by atoms with E-state index in [4.69, 9.17) is 0 Å². The molecule has 3 nitrogen and oxygen atoms in total. The van der Waals surface area contributed by atoms with E-state index in [2.05, 4.69) is 15.3 Å². The monoisotopic (exact) mass is 313 g/mol. The molecular weight excluding hydrogens is 297 g/mol. The van der Waals surface area contributed by atoms with Crippen molar-refractivity contribution in [3.8, 4) is 11.3 Å². The number of fused-ring (bicyclic) bond motifs is 1. The topological polar surface area (TPSA) is 37.8 Å². The molecule has 0 saturated heterocycles. The molecule has 0 atom stereocenters. The van der Waals surface area contributed by atoms with E-state index in [0.717, 1.165) is 39.5 Å². The van der Waals surface area contributed by atoms with Crippen LogP contribution in [0.1, 0.15) is 18.4 Å². The molecule has 1 N–H and O–H groups in total. The lowest BCUT2D eigenvalue weighted by atomic mass is 10.1. The number of aryl methyl sites for hydroxylation is 1. The molecule has 0 aliphatic heterocycles. The van der Waals surface area contributed by atoms with Crippen LogP contribution < -0.4 is 5.32 Å². The summed E-state index contributed by atoms with van der Waals surface area (Å²) in [6, 6.07) is 6.82. The summed E-state index contributed by atoms with van der Waals surface area (Å²) in [4.78, 5) is 9.23. The lowest BCUT2D eigenvalue weighted by Gasteiger charge is -2.10. The van der Waals surface area contributed by atoms with Crippen LogP contribution in [0.25, 0.3) is 21.5 Å². The molecular formula is C17H16FN3S. The van der Waals surface area contributed by atoms with Gasteiger partial charge in [0.05, 0.1) is 15.9 Å². The molecule has 0 unspecified atom stereocenters. The number of anilines is 1. The molecule has 2 heterocycles. The van der Waals surface area contributed by atoms with Gasteiger partial charge in [0.25, 0.3) is 0 Å². The van der Waals surface area contributed by atoms with E-state index < -0.39 is 0 Å². The highest BCUT2D eigenvalue weighted by Crippen LogP contribution is 2.34. The van der Waals surface area contributed by atoms with Gasteiger partial charge in [0.2, 0.25) is 5.95 Å². The maximum absolute atomic E-state index is 13.7. The van der Waals surface area contributed by atoms with E-state index in [9.17, 15) is 4.39 Å². The second-order valence-corrected chi connectivity index (χ2v) is 6.73. The standard InChI is InChI=1S/C17H16FN3S/c1-10-2-5-12(18)8-13(10)15-16-14(6-7-22-16)20-17(21-15)19-9-11-3-4-11/h2,5-8,11H,3-4,9H2,1H3,(H,19,20,21). The van der Waals surface area contributed by atoms with Gasteiger partial charge in [-0.2, -0.15) is 0 Å². The number of benzene rings is 1. The van der Waals surface area contributed by atoms with E-state index in [1.807, 2.05) is 18.4 Å². The van der Waals surface area contributed by atoms with Crippen LogP contribution >= 0.6 is 11.3 Å². The third kappa shape index (κ3) is 2.57. The molecule has 1 aromatic carbocycles. The molecule has 0 radical (unpaired) electrons. The fourth-order valence-electron chi connectivity index (χ4n) is 2.53. The van der Waals surface area contributed by atoms with Crippen molar-refractivity contribution in [3.63, 3.8) is 0 Å². The molecule has 4 rings (SSSR count). The Labute approximate surface area is 132 Å². The molecule has 5 heteroatoms. The van der Waals surface area contributed by atoms with Crippen LogP contribution in [-0.2, 0) is 0 Å². The first-order valence-corrected chi connectivity index (χ1v) is 8.34. The summed E-state index contributed by atoms with van der Waals surface area (Å²) in [7, 11) is 0. The molecule has 22 heavy (non-hydrogen) atoms. The minimum Gasteiger partial charge on any atom is -0.354 e. The highest BCUT2D eigenvalue weighted by Gasteiger charge is 2.21. The second kappa shape index (κ2) is 5.32. The van der Waals surface area contributed by atoms with E-state index in [1.54, 1.807) is 23.5 Å². The summed E-state index contributed by atoms with van der Waals surface area (Å²) in [6.07, 6.45) is 2.56. The van der Waals surface area contributed by atoms with Gasteiger partial charge in [-0.3, -0.25) is 0 Å². The van der Waals surface area contributed by atoms with E-state index in [0.29, 0.717) is 5.95 Å². The number of aromatic nitrogens is 2. The summed E-state index contributed by atoms with van der Waals surface area (Å²) in [6.45, 7) is 2.89. The van der Waals surface area contributed by atoms with Crippen molar-refractivity contribution in [2.45, 2.75) is 19.8 Å². The number of hydrogen-bond acceptors (Lipinski definition) is 4. The SMILES string of the molecule is Cc1ccc(F)cc1-c1nc(NCC2CC2)nc2ccsc12. The summed E-state index contributed by atoms with van der Waals surface area (Å²) < 4.78 is 14.7. The number of rotatable bonds is 4. The van der Waals surface area contributed by atoms with Crippen molar-refractivity contribution in [2.75, 3.05) is 11.9 Å². The number of thiophene rings is 1. The van der Waals surface area contributed by atoms with Gasteiger partial charge >= 0.3 is 0 Å². The Bertz CT molecular complexity index is 839. The van der Waals surface area contributed by atoms with E-state index in [1.165, 1.54) is 18.9 Å². The molecule has 0 bridgehead atoms. The van der Waals surface area contributed by atoms with Crippen LogP contribution in [0.4, 0.5) is 10.3 Å². The van der Waals surface area contributed by atoms with Gasteiger partial charge in [0.1, 0.15) is 5.82 Å². The smallest absolute Gasteiger partial charge is 0.223 e. The maximum atomic E-state index is 13.7. The van der Waals surface area contributed by atoms with Crippen LogP contribution in [0.3, 0.4) is 0 Å². The van der Waals surface area contributed by atoms with Gasteiger partial charge in [0.15, 0.2) is 0 Å². The summed E-state index contributed by atoms with van der Waals surface area (Å²) >= 11 is 1.59. The molecule has 2 aromatic heterocycles. The van der Waals surface area contributed by atoms with Gasteiger partial charge < -0.3 is 5.32 Å². The number of nitrogens with one attached hydrogen (secondary N) is 1. The summed E-state index contributed by atoms with van der Waals surface area (Å²) in [5, 5.41) is 5.32. The minimum absolute atomic E-state index is 0.239. The Balaban J connectivity index is 1.83. The van der Waals surface area contributed by atoms with Gasteiger partial charge in [-0.05, 0) is 54.8 Å². The second-order valence-electron chi connectivity index (χ2n) is 5.81. The van der Waals surface area contributed by atoms with E-state index >= 15 is 0 Å². The zero-order chi connectivity index (χ0) is 15.1. The average molecular weight is 313 g/mol. The largest absolute Gasteiger partial charge is 0.354 e. The van der Waals surface area contributed by atoms with Crippen LogP contribution in [0.15, 0.2) is 29.6 Å². The fourth-order valence-corrected chi connectivity index (χ4v) is 3.37. The van der Waals surface area contributed by atoms with Gasteiger partial charge in [-0.15, -0.1) is 11.3 Å². The van der Waals surface area contributed by atoms with Gasteiger partial charge in [0, 0.05) is 12.1 Å². The molecule has 1 aliphatic carbocycles. The number of hydrogen-bond donors (Lipinski definition) is 1. The Kier molecular flexibility index (Phi) is 3.30. The predicted molar refractivity (Wildman–Crippen MR) is 88.8 cm³/mol. The van der Waals surface area contributed by atoms with Crippen LogP contribution in [-0.4, -0.2) is 16.5 Å². The quantitative estimate of drug-likeness (QED) is 0.763. The van der Waals surface area contributed by atoms with Crippen molar-refractivity contribution in [3.05, 3.63) is 41.0 Å². The first-order valence-electron chi connectivity index (χ1n) is 7.46. The van der Waals surface area contributed by atoms with Crippen molar-refractivity contribution in [1.82, 2.24) is 9.97 Å². The summed E-state index contributed by atoms with van der Waals surface area (Å²) in [5.74, 6) is 1.15. The van der Waals surface area contributed by atoms with Gasteiger partial charge in [-0.25, -0.2) is 14.4 Å². The van der Waals surface area contributed by atoms with Gasteiger partial charge in [-0.1, -0.05) is 6.07 Å². The zero-order valence-corrected chi connectivity index (χ0v) is 13.1.